The largest absolute Gasteiger partial charge is 0.328 e. The zero-order chi connectivity index (χ0) is 15.2. The van der Waals surface area contributed by atoms with Crippen LogP contribution in [0.3, 0.4) is 0 Å². The average Bonchev–Trinajstić information content (AvgIpc) is 2.48. The molecule has 0 heterocycles. The first-order valence-corrected chi connectivity index (χ1v) is 8.00. The highest BCUT2D eigenvalue weighted by Crippen LogP contribution is 2.23. The Balaban J connectivity index is 1.99. The highest BCUT2D eigenvalue weighted by Gasteiger charge is 2.27. The van der Waals surface area contributed by atoms with Crippen LogP contribution < -0.4 is 11.1 Å². The Labute approximate surface area is 127 Å². The van der Waals surface area contributed by atoms with Crippen molar-refractivity contribution in [3.8, 4) is 0 Å². The summed E-state index contributed by atoms with van der Waals surface area (Å²) in [5.41, 5.74) is 8.02. The molecule has 0 unspecified atom stereocenters. The quantitative estimate of drug-likeness (QED) is 0.891. The molecule has 1 aliphatic carbocycles. The molecule has 21 heavy (non-hydrogen) atoms. The Morgan fingerprint density at radius 3 is 2.43 bits per heavy atom. The lowest BCUT2D eigenvalue weighted by Gasteiger charge is -2.36. The van der Waals surface area contributed by atoms with E-state index >= 15 is 0 Å². The Kier molecular flexibility index (Phi) is 5.62. The predicted octanol–water partition coefficient (Wildman–Crippen LogP) is 3.51. The Hall–Kier alpha value is -1.55. The number of carbonyl (C=O) groups excluding carboxylic acids is 1. The number of anilines is 1. The molecule has 0 aromatic heterocycles. The molecule has 0 atom stereocenters. The van der Waals surface area contributed by atoms with E-state index in [2.05, 4.69) is 12.2 Å². The molecular formula is C17H27N3O. The predicted molar refractivity (Wildman–Crippen MR) is 87.4 cm³/mol. The van der Waals surface area contributed by atoms with Gasteiger partial charge in [0.25, 0.3) is 0 Å². The number of nitrogens with one attached hydrogen (secondary N) is 1. The van der Waals surface area contributed by atoms with E-state index in [0.29, 0.717) is 12.1 Å². The average molecular weight is 289 g/mol. The summed E-state index contributed by atoms with van der Waals surface area (Å²) >= 11 is 0. The third-order valence-corrected chi connectivity index (χ3v) is 4.21. The Morgan fingerprint density at radius 1 is 1.24 bits per heavy atom. The maximum atomic E-state index is 12.6. The van der Waals surface area contributed by atoms with Crippen molar-refractivity contribution in [2.75, 3.05) is 11.9 Å². The summed E-state index contributed by atoms with van der Waals surface area (Å²) in [5, 5.41) is 3.02. The molecular weight excluding hydrogens is 262 g/mol. The second-order valence-electron chi connectivity index (χ2n) is 6.06. The van der Waals surface area contributed by atoms with Gasteiger partial charge >= 0.3 is 6.03 Å². The van der Waals surface area contributed by atoms with Crippen LogP contribution in [0.2, 0.25) is 0 Å². The van der Waals surface area contributed by atoms with Crippen LogP contribution in [0.25, 0.3) is 0 Å². The van der Waals surface area contributed by atoms with Crippen LogP contribution >= 0.6 is 0 Å². The Bertz CT molecular complexity index is 450. The van der Waals surface area contributed by atoms with Gasteiger partial charge in [0.15, 0.2) is 0 Å². The van der Waals surface area contributed by atoms with Gasteiger partial charge in [-0.25, -0.2) is 4.79 Å². The van der Waals surface area contributed by atoms with Gasteiger partial charge in [0.1, 0.15) is 0 Å². The number of nitrogens with zero attached hydrogens (tertiary/aromatic N) is 1. The van der Waals surface area contributed by atoms with Crippen LogP contribution in [0.15, 0.2) is 24.3 Å². The van der Waals surface area contributed by atoms with Gasteiger partial charge in [-0.1, -0.05) is 24.6 Å². The number of benzene rings is 1. The van der Waals surface area contributed by atoms with Gasteiger partial charge in [0.2, 0.25) is 0 Å². The first-order valence-electron chi connectivity index (χ1n) is 8.00. The molecule has 2 rings (SSSR count). The highest BCUT2D eigenvalue weighted by atomic mass is 16.2. The third kappa shape index (κ3) is 4.46. The Morgan fingerprint density at radius 2 is 1.86 bits per heavy atom. The van der Waals surface area contributed by atoms with E-state index in [9.17, 15) is 4.79 Å². The first-order chi connectivity index (χ1) is 10.1. The second-order valence-corrected chi connectivity index (χ2v) is 6.06. The number of hydrogen-bond acceptors (Lipinski definition) is 2. The molecule has 1 fully saturated rings. The molecule has 1 saturated carbocycles. The number of rotatable bonds is 4. The second kappa shape index (κ2) is 7.46. The molecule has 4 nitrogen and oxygen atoms in total. The number of hydrogen-bond donors (Lipinski definition) is 2. The summed E-state index contributed by atoms with van der Waals surface area (Å²) in [7, 11) is 0. The van der Waals surface area contributed by atoms with Gasteiger partial charge in [-0.3, -0.25) is 0 Å². The normalized spacial score (nSPS) is 21.9. The molecule has 0 bridgehead atoms. The lowest BCUT2D eigenvalue weighted by molar-refractivity contribution is 0.163. The molecule has 116 valence electrons. The monoisotopic (exact) mass is 289 g/mol. The van der Waals surface area contributed by atoms with Crippen molar-refractivity contribution in [1.82, 2.24) is 4.90 Å². The van der Waals surface area contributed by atoms with Crippen LogP contribution in [0.5, 0.6) is 0 Å². The summed E-state index contributed by atoms with van der Waals surface area (Å²) in [6.45, 7) is 4.96. The highest BCUT2D eigenvalue weighted by molar-refractivity contribution is 5.89. The number of aryl methyl sites for hydroxylation is 1. The molecule has 1 aliphatic rings. The van der Waals surface area contributed by atoms with Crippen LogP contribution in [0.1, 0.15) is 44.6 Å². The van der Waals surface area contributed by atoms with E-state index in [1.165, 1.54) is 5.56 Å². The minimum absolute atomic E-state index is 0.0150. The van der Waals surface area contributed by atoms with E-state index in [0.717, 1.165) is 44.3 Å². The van der Waals surface area contributed by atoms with Gasteiger partial charge in [-0.2, -0.15) is 0 Å². The number of urea groups is 1. The first kappa shape index (κ1) is 15.8. The molecule has 1 aromatic rings. The summed E-state index contributed by atoms with van der Waals surface area (Å²) in [6, 6.07) is 8.59. The fourth-order valence-electron chi connectivity index (χ4n) is 2.94. The van der Waals surface area contributed by atoms with Crippen LogP contribution in [0.4, 0.5) is 10.5 Å². The zero-order valence-electron chi connectivity index (χ0n) is 13.1. The minimum Gasteiger partial charge on any atom is -0.328 e. The van der Waals surface area contributed by atoms with Gasteiger partial charge in [0.05, 0.1) is 0 Å². The summed E-state index contributed by atoms with van der Waals surface area (Å²) in [6.07, 6.45) is 5.04. The summed E-state index contributed by atoms with van der Waals surface area (Å²) in [4.78, 5) is 14.5. The molecule has 0 aliphatic heterocycles. The maximum Gasteiger partial charge on any atom is 0.322 e. The van der Waals surface area contributed by atoms with E-state index < -0.39 is 0 Å². The van der Waals surface area contributed by atoms with Gasteiger partial charge in [-0.05, 0) is 51.2 Å². The fourth-order valence-corrected chi connectivity index (χ4v) is 2.94. The number of carbonyl (C=O) groups is 1. The molecule has 2 amide bonds. The van der Waals surface area contributed by atoms with Crippen molar-refractivity contribution in [3.05, 3.63) is 29.8 Å². The lowest BCUT2D eigenvalue weighted by atomic mass is 9.91. The fraction of sp³-hybridized carbons (Fsp3) is 0.588. The topological polar surface area (TPSA) is 58.4 Å². The molecule has 0 radical (unpaired) electrons. The molecule has 0 saturated heterocycles. The molecule has 3 N–H and O–H groups in total. The lowest BCUT2D eigenvalue weighted by Crippen LogP contribution is -2.46. The van der Waals surface area contributed by atoms with Gasteiger partial charge in [-0.15, -0.1) is 0 Å². The maximum absolute atomic E-state index is 12.6. The molecule has 4 heteroatoms. The van der Waals surface area contributed by atoms with E-state index in [1.54, 1.807) is 0 Å². The van der Waals surface area contributed by atoms with Crippen molar-refractivity contribution in [3.63, 3.8) is 0 Å². The summed E-state index contributed by atoms with van der Waals surface area (Å²) < 4.78 is 0. The third-order valence-electron chi connectivity index (χ3n) is 4.21. The van der Waals surface area contributed by atoms with Crippen LogP contribution in [0, 0.1) is 6.92 Å². The molecule has 0 spiro atoms. The SMILES string of the molecule is CCCN(C(=O)Nc1ccc(C)cc1)C1CCC(N)CC1. The van der Waals surface area contributed by atoms with Crippen LogP contribution in [-0.2, 0) is 0 Å². The smallest absolute Gasteiger partial charge is 0.322 e. The standard InChI is InChI=1S/C17H27N3O/c1-3-12-20(16-10-6-14(18)7-11-16)17(21)19-15-8-4-13(2)5-9-15/h4-5,8-9,14,16H,3,6-7,10-12,18H2,1-2H3,(H,19,21). The van der Waals surface area contributed by atoms with E-state index in [-0.39, 0.29) is 6.03 Å². The number of amides is 2. The molecule has 1 aromatic carbocycles. The zero-order valence-corrected chi connectivity index (χ0v) is 13.1. The van der Waals surface area contributed by atoms with Crippen LogP contribution in [-0.4, -0.2) is 29.6 Å². The van der Waals surface area contributed by atoms with E-state index in [4.69, 9.17) is 5.73 Å². The van der Waals surface area contributed by atoms with Crippen molar-refractivity contribution in [2.45, 2.75) is 58.0 Å². The summed E-state index contributed by atoms with van der Waals surface area (Å²) in [5.74, 6) is 0. The van der Waals surface area contributed by atoms with Crippen molar-refractivity contribution in [2.24, 2.45) is 5.73 Å². The van der Waals surface area contributed by atoms with Crippen molar-refractivity contribution >= 4 is 11.7 Å². The van der Waals surface area contributed by atoms with E-state index in [1.807, 2.05) is 36.1 Å². The minimum atomic E-state index is 0.0150. The number of nitrogens with two attached hydrogens (primary N) is 1. The van der Waals surface area contributed by atoms with Crippen molar-refractivity contribution < 1.29 is 4.79 Å². The van der Waals surface area contributed by atoms with Gasteiger partial charge < -0.3 is 16.0 Å². The van der Waals surface area contributed by atoms with Crippen molar-refractivity contribution in [1.29, 1.82) is 0 Å². The van der Waals surface area contributed by atoms with Gasteiger partial charge in [0, 0.05) is 24.3 Å².